The van der Waals surface area contributed by atoms with Crippen LogP contribution in [0.25, 0.3) is 0 Å². The van der Waals surface area contributed by atoms with E-state index in [1.54, 1.807) is 0 Å². The van der Waals surface area contributed by atoms with Crippen LogP contribution in [-0.4, -0.2) is 68.2 Å². The first kappa shape index (κ1) is 14.8. The van der Waals surface area contributed by atoms with Crippen molar-refractivity contribution in [2.75, 3.05) is 40.8 Å². The predicted molar refractivity (Wildman–Crippen MR) is 74.8 cm³/mol. The van der Waals surface area contributed by atoms with E-state index in [0.29, 0.717) is 18.5 Å². The molecule has 2 atom stereocenters. The molecule has 2 aliphatic rings. The number of carbonyl (C=O) groups excluding carboxylic acids is 1. The van der Waals surface area contributed by atoms with Crippen LogP contribution >= 0.6 is 0 Å². The summed E-state index contributed by atoms with van der Waals surface area (Å²) in [7, 11) is 5.62. The third kappa shape index (κ3) is 3.27. The molecule has 1 aliphatic heterocycles. The molecule has 1 heterocycles. The van der Waals surface area contributed by atoms with Crippen LogP contribution in [0.4, 0.5) is 0 Å². The maximum Gasteiger partial charge on any atom is 0.327 e. The van der Waals surface area contributed by atoms with Crippen molar-refractivity contribution in [3.63, 3.8) is 0 Å². The van der Waals surface area contributed by atoms with E-state index in [0.717, 1.165) is 25.9 Å². The van der Waals surface area contributed by atoms with E-state index in [2.05, 4.69) is 23.9 Å². The first-order valence-electron chi connectivity index (χ1n) is 7.23. The summed E-state index contributed by atoms with van der Waals surface area (Å²) in [5.41, 5.74) is 5.60. The Balaban J connectivity index is 2.02. The Morgan fingerprint density at radius 1 is 1.42 bits per heavy atom. The van der Waals surface area contributed by atoms with Gasteiger partial charge in [-0.25, -0.2) is 0 Å². The van der Waals surface area contributed by atoms with Gasteiger partial charge in [0.1, 0.15) is 5.54 Å². The number of methoxy groups -OCH3 is 1. The van der Waals surface area contributed by atoms with E-state index in [4.69, 9.17) is 10.5 Å². The van der Waals surface area contributed by atoms with Crippen molar-refractivity contribution >= 4 is 5.97 Å². The Morgan fingerprint density at radius 3 is 2.63 bits per heavy atom. The second kappa shape index (κ2) is 5.77. The Bertz CT molecular complexity index is 331. The van der Waals surface area contributed by atoms with Gasteiger partial charge in [0.25, 0.3) is 0 Å². The molecule has 0 amide bonds. The minimum atomic E-state index is -0.802. The van der Waals surface area contributed by atoms with Crippen LogP contribution in [0.15, 0.2) is 0 Å². The molecule has 0 aromatic carbocycles. The van der Waals surface area contributed by atoms with E-state index >= 15 is 0 Å². The highest BCUT2D eigenvalue weighted by atomic mass is 16.5. The van der Waals surface area contributed by atoms with Crippen LogP contribution in [-0.2, 0) is 9.53 Å². The smallest absolute Gasteiger partial charge is 0.327 e. The first-order chi connectivity index (χ1) is 8.97. The highest BCUT2D eigenvalue weighted by molar-refractivity contribution is 5.81. The van der Waals surface area contributed by atoms with Gasteiger partial charge in [0.05, 0.1) is 7.11 Å². The fourth-order valence-electron chi connectivity index (χ4n) is 3.22. The third-order valence-electron chi connectivity index (χ3n) is 4.41. The van der Waals surface area contributed by atoms with Crippen LogP contribution in [0.5, 0.6) is 0 Å². The van der Waals surface area contributed by atoms with Crippen molar-refractivity contribution in [3.05, 3.63) is 0 Å². The van der Waals surface area contributed by atoms with Gasteiger partial charge in [0.15, 0.2) is 0 Å². The Kier molecular flexibility index (Phi) is 4.48. The van der Waals surface area contributed by atoms with Crippen molar-refractivity contribution in [3.8, 4) is 0 Å². The van der Waals surface area contributed by atoms with Crippen LogP contribution in [0.2, 0.25) is 0 Å². The maximum absolute atomic E-state index is 12.0. The molecule has 1 saturated heterocycles. The van der Waals surface area contributed by atoms with Gasteiger partial charge in [-0.15, -0.1) is 0 Å². The van der Waals surface area contributed by atoms with Crippen LogP contribution in [0, 0.1) is 5.92 Å². The lowest BCUT2D eigenvalue weighted by Gasteiger charge is -2.35. The molecular formula is C14H27N3O2. The third-order valence-corrected chi connectivity index (χ3v) is 4.41. The normalized spacial score (nSPS) is 27.5. The zero-order chi connectivity index (χ0) is 14.0. The lowest BCUT2D eigenvalue weighted by Crippen LogP contribution is -2.59. The second-order valence-electron chi connectivity index (χ2n) is 6.33. The van der Waals surface area contributed by atoms with Gasteiger partial charge < -0.3 is 15.4 Å². The summed E-state index contributed by atoms with van der Waals surface area (Å²) in [5, 5.41) is 0. The zero-order valence-corrected chi connectivity index (χ0v) is 12.4. The number of esters is 1. The number of likely N-dealkylation sites (tertiary alicyclic amines) is 1. The largest absolute Gasteiger partial charge is 0.468 e. The van der Waals surface area contributed by atoms with Gasteiger partial charge in [-0.3, -0.25) is 9.69 Å². The van der Waals surface area contributed by atoms with Crippen LogP contribution in [0.3, 0.4) is 0 Å². The van der Waals surface area contributed by atoms with E-state index < -0.39 is 5.54 Å². The lowest BCUT2D eigenvalue weighted by atomic mass is 9.93. The lowest BCUT2D eigenvalue weighted by molar-refractivity contribution is -0.149. The topological polar surface area (TPSA) is 58.8 Å². The van der Waals surface area contributed by atoms with Crippen molar-refractivity contribution in [1.29, 1.82) is 0 Å². The summed E-state index contributed by atoms with van der Waals surface area (Å²) in [6.07, 6.45) is 4.50. The summed E-state index contributed by atoms with van der Waals surface area (Å²) < 4.78 is 4.94. The highest BCUT2D eigenvalue weighted by Crippen LogP contribution is 2.40. The molecule has 2 rings (SSSR count). The molecule has 1 saturated carbocycles. The van der Waals surface area contributed by atoms with E-state index in [-0.39, 0.29) is 5.97 Å². The molecule has 0 radical (unpaired) electrons. The SMILES string of the molecule is COC(=O)C(N)(CN1CCCC1CN(C)C)C1CC1. The summed E-state index contributed by atoms with van der Waals surface area (Å²) in [5.74, 6) is 0.0612. The zero-order valence-electron chi connectivity index (χ0n) is 12.4. The fourth-order valence-corrected chi connectivity index (χ4v) is 3.22. The molecule has 0 aromatic heterocycles. The summed E-state index contributed by atoms with van der Waals surface area (Å²) in [6.45, 7) is 2.71. The monoisotopic (exact) mass is 269 g/mol. The summed E-state index contributed by atoms with van der Waals surface area (Å²) in [4.78, 5) is 16.6. The molecular weight excluding hydrogens is 242 g/mol. The number of hydrogen-bond donors (Lipinski definition) is 1. The summed E-state index contributed by atoms with van der Waals surface area (Å²) in [6, 6.07) is 0.515. The molecule has 2 unspecified atom stereocenters. The molecule has 5 nitrogen and oxygen atoms in total. The molecule has 2 fully saturated rings. The van der Waals surface area contributed by atoms with Gasteiger partial charge in [-0.05, 0) is 52.2 Å². The van der Waals surface area contributed by atoms with Crippen molar-refractivity contribution < 1.29 is 9.53 Å². The maximum atomic E-state index is 12.0. The van der Waals surface area contributed by atoms with Gasteiger partial charge in [0.2, 0.25) is 0 Å². The number of hydrogen-bond acceptors (Lipinski definition) is 5. The molecule has 1 aliphatic carbocycles. The predicted octanol–water partition coefficient (Wildman–Crippen LogP) is 0.293. The summed E-state index contributed by atoms with van der Waals surface area (Å²) >= 11 is 0. The van der Waals surface area contributed by atoms with Gasteiger partial charge >= 0.3 is 5.97 Å². The van der Waals surface area contributed by atoms with E-state index in [9.17, 15) is 4.79 Å². The number of nitrogens with zero attached hydrogens (tertiary/aromatic N) is 2. The Hall–Kier alpha value is -0.650. The van der Waals surface area contributed by atoms with Gasteiger partial charge in [0, 0.05) is 19.1 Å². The number of nitrogens with two attached hydrogens (primary N) is 1. The minimum absolute atomic E-state index is 0.245. The molecule has 0 bridgehead atoms. The Morgan fingerprint density at radius 2 is 2.11 bits per heavy atom. The van der Waals surface area contributed by atoms with Gasteiger partial charge in [-0.2, -0.15) is 0 Å². The highest BCUT2D eigenvalue weighted by Gasteiger charge is 2.50. The minimum Gasteiger partial charge on any atom is -0.468 e. The number of rotatable bonds is 6. The standard InChI is InChI=1S/C14H27N3O2/c1-16(2)9-12-5-4-8-17(12)10-14(15,11-6-7-11)13(18)19-3/h11-12H,4-10,15H2,1-3H3. The van der Waals surface area contributed by atoms with Crippen LogP contribution < -0.4 is 5.73 Å². The average Bonchev–Trinajstić information content (AvgIpc) is 3.13. The number of ether oxygens (including phenoxy) is 1. The average molecular weight is 269 g/mol. The molecule has 5 heteroatoms. The van der Waals surface area contributed by atoms with Crippen molar-refractivity contribution in [1.82, 2.24) is 9.80 Å². The van der Waals surface area contributed by atoms with E-state index in [1.165, 1.54) is 20.0 Å². The quantitative estimate of drug-likeness (QED) is 0.703. The van der Waals surface area contributed by atoms with Crippen molar-refractivity contribution in [2.45, 2.75) is 37.3 Å². The molecule has 0 aromatic rings. The molecule has 110 valence electrons. The number of likely N-dealkylation sites (N-methyl/N-ethyl adjacent to an activating group) is 1. The molecule has 19 heavy (non-hydrogen) atoms. The Labute approximate surface area is 116 Å². The second-order valence-corrected chi connectivity index (χ2v) is 6.33. The fraction of sp³-hybridized carbons (Fsp3) is 0.929. The van der Waals surface area contributed by atoms with Crippen molar-refractivity contribution in [2.24, 2.45) is 11.7 Å². The van der Waals surface area contributed by atoms with Gasteiger partial charge in [-0.1, -0.05) is 0 Å². The van der Waals surface area contributed by atoms with E-state index in [1.807, 2.05) is 0 Å². The first-order valence-corrected chi connectivity index (χ1v) is 7.23. The molecule has 2 N–H and O–H groups in total. The van der Waals surface area contributed by atoms with Crippen LogP contribution in [0.1, 0.15) is 25.7 Å². The number of carbonyl (C=O) groups is 1. The molecule has 0 spiro atoms.